The van der Waals surface area contributed by atoms with Gasteiger partial charge in [0.1, 0.15) is 11.6 Å². The molecule has 3 N–H and O–H groups in total. The molecular weight excluding hydrogens is 352 g/mol. The lowest BCUT2D eigenvalue weighted by atomic mass is 9.85. The zero-order valence-corrected chi connectivity index (χ0v) is 15.7. The van der Waals surface area contributed by atoms with Gasteiger partial charge in [-0.05, 0) is 54.8 Å². The molecule has 1 aliphatic carbocycles. The summed E-state index contributed by atoms with van der Waals surface area (Å²) >= 11 is 0. The van der Waals surface area contributed by atoms with E-state index in [0.29, 0.717) is 12.3 Å². The number of hydrogen-bond donors (Lipinski definition) is 3. The molecule has 0 radical (unpaired) electrons. The van der Waals surface area contributed by atoms with Crippen LogP contribution >= 0.6 is 0 Å². The molecule has 1 aliphatic rings. The monoisotopic (exact) mass is 374 g/mol. The topological polar surface area (TPSA) is 82.8 Å². The van der Waals surface area contributed by atoms with Crippen LogP contribution in [0.2, 0.25) is 0 Å². The highest BCUT2D eigenvalue weighted by molar-refractivity contribution is 5.97. The number of amides is 1. The molecule has 1 amide bonds. The van der Waals surface area contributed by atoms with Crippen molar-refractivity contribution in [2.24, 2.45) is 0 Å². The highest BCUT2D eigenvalue weighted by atomic mass is 16.5. The van der Waals surface area contributed by atoms with Crippen LogP contribution in [0.25, 0.3) is 21.9 Å². The molecular formula is C22H22N4O2. The standard InChI is InChI=1S/C22H22N4O2/c1-28-16-6-8-18-17(11-16)14(12-23-18)9-21(27)24-15-5-7-19-20(10-15)26-22(25-19)13-3-2-4-13/h5-8,10-13,23H,2-4,9H2,1H3,(H,24,27)(H,25,26). The molecule has 0 spiro atoms. The van der Waals surface area contributed by atoms with E-state index in [9.17, 15) is 4.79 Å². The second kappa shape index (κ2) is 6.71. The van der Waals surface area contributed by atoms with Crippen molar-refractivity contribution in [1.29, 1.82) is 0 Å². The predicted octanol–water partition coefficient (Wildman–Crippen LogP) is 4.50. The minimum absolute atomic E-state index is 0.0539. The number of aromatic nitrogens is 3. The first-order valence-corrected chi connectivity index (χ1v) is 9.63. The van der Waals surface area contributed by atoms with Crippen molar-refractivity contribution >= 4 is 33.5 Å². The molecule has 6 nitrogen and oxygen atoms in total. The molecule has 2 aromatic carbocycles. The summed E-state index contributed by atoms with van der Waals surface area (Å²) in [5.41, 5.74) is 4.63. The number of carbonyl (C=O) groups excluding carboxylic acids is 1. The molecule has 0 aliphatic heterocycles. The summed E-state index contributed by atoms with van der Waals surface area (Å²) in [6.07, 6.45) is 5.87. The maximum Gasteiger partial charge on any atom is 0.228 e. The Morgan fingerprint density at radius 3 is 2.89 bits per heavy atom. The Balaban J connectivity index is 1.33. The average Bonchev–Trinajstić information content (AvgIpc) is 3.23. The van der Waals surface area contributed by atoms with Crippen molar-refractivity contribution in [2.45, 2.75) is 31.6 Å². The van der Waals surface area contributed by atoms with Crippen LogP contribution in [0.3, 0.4) is 0 Å². The molecule has 28 heavy (non-hydrogen) atoms. The summed E-state index contributed by atoms with van der Waals surface area (Å²) in [6, 6.07) is 11.6. The van der Waals surface area contributed by atoms with Crippen LogP contribution in [0.5, 0.6) is 5.75 Å². The Morgan fingerprint density at radius 1 is 1.21 bits per heavy atom. The average molecular weight is 374 g/mol. The lowest BCUT2D eigenvalue weighted by Crippen LogP contribution is -2.14. The van der Waals surface area contributed by atoms with E-state index in [1.54, 1.807) is 7.11 Å². The van der Waals surface area contributed by atoms with Gasteiger partial charge in [-0.3, -0.25) is 4.79 Å². The van der Waals surface area contributed by atoms with Crippen molar-refractivity contribution in [3.05, 3.63) is 54.0 Å². The molecule has 2 heterocycles. The van der Waals surface area contributed by atoms with Gasteiger partial charge in [-0.2, -0.15) is 0 Å². The summed E-state index contributed by atoms with van der Waals surface area (Å²) < 4.78 is 5.30. The summed E-state index contributed by atoms with van der Waals surface area (Å²) in [5.74, 6) is 2.35. The predicted molar refractivity (Wildman–Crippen MR) is 110 cm³/mol. The number of carbonyl (C=O) groups is 1. The quantitative estimate of drug-likeness (QED) is 0.481. The third-order valence-electron chi connectivity index (χ3n) is 5.60. The van der Waals surface area contributed by atoms with E-state index >= 15 is 0 Å². The molecule has 4 aromatic rings. The number of methoxy groups -OCH3 is 1. The molecule has 1 fully saturated rings. The third-order valence-corrected chi connectivity index (χ3v) is 5.60. The lowest BCUT2D eigenvalue weighted by Gasteiger charge is -2.22. The normalized spacial score (nSPS) is 14.3. The lowest BCUT2D eigenvalue weighted by molar-refractivity contribution is -0.115. The number of benzene rings is 2. The fourth-order valence-corrected chi connectivity index (χ4v) is 3.79. The van der Waals surface area contributed by atoms with Gasteiger partial charge in [-0.1, -0.05) is 6.42 Å². The van der Waals surface area contributed by atoms with Crippen molar-refractivity contribution < 1.29 is 9.53 Å². The first-order chi connectivity index (χ1) is 13.7. The minimum atomic E-state index is -0.0539. The maximum atomic E-state index is 12.6. The molecule has 6 heteroatoms. The SMILES string of the molecule is COc1ccc2[nH]cc(CC(=O)Nc3ccc4nc(C5CCC5)[nH]c4c3)c2c1. The fourth-order valence-electron chi connectivity index (χ4n) is 3.79. The number of fused-ring (bicyclic) bond motifs is 2. The third kappa shape index (κ3) is 3.01. The molecule has 0 atom stereocenters. The van der Waals surface area contributed by atoms with Crippen LogP contribution in [-0.2, 0) is 11.2 Å². The highest BCUT2D eigenvalue weighted by Gasteiger charge is 2.22. The van der Waals surface area contributed by atoms with E-state index in [0.717, 1.165) is 44.8 Å². The van der Waals surface area contributed by atoms with Crippen LogP contribution in [0.15, 0.2) is 42.6 Å². The van der Waals surface area contributed by atoms with Crippen LogP contribution in [0.1, 0.15) is 36.6 Å². The van der Waals surface area contributed by atoms with Gasteiger partial charge in [-0.25, -0.2) is 4.98 Å². The number of H-pyrrole nitrogens is 2. The van der Waals surface area contributed by atoms with E-state index in [1.165, 1.54) is 19.3 Å². The summed E-state index contributed by atoms with van der Waals surface area (Å²) in [5, 5.41) is 4.00. The number of hydrogen-bond acceptors (Lipinski definition) is 3. The molecule has 2 aromatic heterocycles. The number of aromatic amines is 2. The van der Waals surface area contributed by atoms with Gasteiger partial charge in [0.05, 0.1) is 24.6 Å². The first kappa shape index (κ1) is 16.9. The van der Waals surface area contributed by atoms with E-state index in [-0.39, 0.29) is 5.91 Å². The van der Waals surface area contributed by atoms with E-state index in [2.05, 4.69) is 20.3 Å². The summed E-state index contributed by atoms with van der Waals surface area (Å²) in [6.45, 7) is 0. The van der Waals surface area contributed by atoms with Gasteiger partial charge in [-0.15, -0.1) is 0 Å². The molecule has 0 unspecified atom stereocenters. The Morgan fingerprint density at radius 2 is 2.11 bits per heavy atom. The van der Waals surface area contributed by atoms with Crippen LogP contribution in [0.4, 0.5) is 5.69 Å². The number of ether oxygens (including phenoxy) is 1. The first-order valence-electron chi connectivity index (χ1n) is 9.63. The van der Waals surface area contributed by atoms with Crippen molar-refractivity contribution in [2.75, 3.05) is 12.4 Å². The van der Waals surface area contributed by atoms with Crippen LogP contribution in [0, 0.1) is 0 Å². The van der Waals surface area contributed by atoms with Gasteiger partial charge < -0.3 is 20.0 Å². The Labute approximate surface area is 162 Å². The van der Waals surface area contributed by atoms with Gasteiger partial charge in [0.15, 0.2) is 0 Å². The summed E-state index contributed by atoms with van der Waals surface area (Å²) in [7, 11) is 1.64. The fraction of sp³-hybridized carbons (Fsp3) is 0.273. The van der Waals surface area contributed by atoms with E-state index in [4.69, 9.17) is 4.74 Å². The second-order valence-electron chi connectivity index (χ2n) is 7.43. The van der Waals surface area contributed by atoms with Gasteiger partial charge >= 0.3 is 0 Å². The number of rotatable bonds is 5. The highest BCUT2D eigenvalue weighted by Crippen LogP contribution is 2.35. The van der Waals surface area contributed by atoms with Crippen molar-refractivity contribution in [3.63, 3.8) is 0 Å². The summed E-state index contributed by atoms with van der Waals surface area (Å²) in [4.78, 5) is 23.9. The Bertz CT molecular complexity index is 1170. The number of imidazole rings is 1. The molecule has 5 rings (SSSR count). The Kier molecular flexibility index (Phi) is 4.04. The Hall–Kier alpha value is -3.28. The van der Waals surface area contributed by atoms with Crippen LogP contribution < -0.4 is 10.1 Å². The second-order valence-corrected chi connectivity index (χ2v) is 7.43. The molecule has 1 saturated carbocycles. The molecule has 0 saturated heterocycles. The minimum Gasteiger partial charge on any atom is -0.497 e. The maximum absolute atomic E-state index is 12.6. The smallest absolute Gasteiger partial charge is 0.228 e. The molecule has 142 valence electrons. The molecule has 0 bridgehead atoms. The zero-order valence-electron chi connectivity index (χ0n) is 15.7. The van der Waals surface area contributed by atoms with E-state index in [1.807, 2.05) is 42.6 Å². The van der Waals surface area contributed by atoms with Crippen molar-refractivity contribution in [1.82, 2.24) is 15.0 Å². The van der Waals surface area contributed by atoms with Crippen molar-refractivity contribution in [3.8, 4) is 5.75 Å². The number of nitrogens with one attached hydrogen (secondary N) is 3. The van der Waals surface area contributed by atoms with Crippen LogP contribution in [-0.4, -0.2) is 28.0 Å². The van der Waals surface area contributed by atoms with Gasteiger partial charge in [0.25, 0.3) is 0 Å². The number of anilines is 1. The largest absolute Gasteiger partial charge is 0.497 e. The zero-order chi connectivity index (χ0) is 19.1. The van der Waals surface area contributed by atoms with Gasteiger partial charge in [0, 0.05) is 28.7 Å². The van der Waals surface area contributed by atoms with E-state index < -0.39 is 0 Å². The number of nitrogens with zero attached hydrogens (tertiary/aromatic N) is 1. The van der Waals surface area contributed by atoms with Gasteiger partial charge in [0.2, 0.25) is 5.91 Å².